The molecule has 0 aromatic heterocycles. The van der Waals surface area contributed by atoms with Crippen LogP contribution in [0.3, 0.4) is 0 Å². The predicted molar refractivity (Wildman–Crippen MR) is 128 cm³/mol. The molecule has 1 amide bonds. The van der Waals surface area contributed by atoms with E-state index < -0.39 is 5.85 Å². The second-order valence-electron chi connectivity index (χ2n) is 7.84. The summed E-state index contributed by atoms with van der Waals surface area (Å²) in [4.78, 5) is 13.4. The van der Waals surface area contributed by atoms with E-state index in [0.717, 1.165) is 39.1 Å². The Kier molecular flexibility index (Phi) is 4.52. The third-order valence-electron chi connectivity index (χ3n) is 5.83. The molecule has 3 aromatic carbocycles. The van der Waals surface area contributed by atoms with Gasteiger partial charge in [-0.1, -0.05) is 72.3 Å². The average molecular weight is 460 g/mol. The number of fused-ring (bicyclic) bond motifs is 4. The van der Waals surface area contributed by atoms with Crippen molar-refractivity contribution < 1.29 is 9.53 Å². The minimum absolute atomic E-state index is 0.120. The fourth-order valence-electron chi connectivity index (χ4n) is 4.39. The van der Waals surface area contributed by atoms with Gasteiger partial charge in [-0.2, -0.15) is 5.10 Å². The molecule has 5 nitrogen and oxygen atoms in total. The van der Waals surface area contributed by atoms with Crippen LogP contribution in [0.15, 0.2) is 88.9 Å². The molecule has 1 fully saturated rings. The summed E-state index contributed by atoms with van der Waals surface area (Å²) in [5, 5.41) is 10.4. The minimum atomic E-state index is -1.21. The molecule has 0 radical (unpaired) electrons. The molecule has 1 spiro atoms. The monoisotopic (exact) mass is 459 g/mol. The van der Waals surface area contributed by atoms with Gasteiger partial charge < -0.3 is 4.74 Å². The third kappa shape index (κ3) is 3.10. The van der Waals surface area contributed by atoms with E-state index in [2.05, 4.69) is 5.32 Å². The fourth-order valence-corrected chi connectivity index (χ4v) is 5.48. The number of hydrogen-bond acceptors (Lipinski definition) is 5. The van der Waals surface area contributed by atoms with Crippen molar-refractivity contribution in [2.45, 2.75) is 18.3 Å². The quantitative estimate of drug-likeness (QED) is 0.508. The zero-order chi connectivity index (χ0) is 21.7. The molecule has 158 valence electrons. The fraction of sp³-hybridized carbons (Fsp3) is 0.120. The van der Waals surface area contributed by atoms with E-state index in [0.29, 0.717) is 17.2 Å². The highest BCUT2D eigenvalue weighted by atomic mass is 35.5. The Balaban J connectivity index is 1.53. The maximum atomic E-state index is 12.7. The number of nitrogens with one attached hydrogen (secondary N) is 1. The molecule has 0 aliphatic carbocycles. The summed E-state index contributed by atoms with van der Waals surface area (Å²) in [6.45, 7) is 0. The van der Waals surface area contributed by atoms with Gasteiger partial charge in [-0.05, 0) is 47.2 Å². The number of halogens is 1. The maximum absolute atomic E-state index is 12.7. The van der Waals surface area contributed by atoms with Gasteiger partial charge in [0, 0.05) is 17.0 Å². The number of hydrazone groups is 1. The maximum Gasteiger partial charge on any atom is 0.314 e. The van der Waals surface area contributed by atoms with Gasteiger partial charge in [-0.15, -0.1) is 0 Å². The number of amides is 1. The Morgan fingerprint density at radius 1 is 1.09 bits per heavy atom. The van der Waals surface area contributed by atoms with Crippen molar-refractivity contribution in [2.75, 3.05) is 0 Å². The van der Waals surface area contributed by atoms with Gasteiger partial charge in [0.2, 0.25) is 0 Å². The lowest BCUT2D eigenvalue weighted by Gasteiger charge is -2.45. The molecule has 2 unspecified atom stereocenters. The van der Waals surface area contributed by atoms with Crippen LogP contribution in [0, 0.1) is 0 Å². The Bertz CT molecular complexity index is 1280. The summed E-state index contributed by atoms with van der Waals surface area (Å²) in [7, 11) is 0. The third-order valence-corrected chi connectivity index (χ3v) is 6.97. The summed E-state index contributed by atoms with van der Waals surface area (Å²) < 4.78 is 6.53. The molecule has 32 heavy (non-hydrogen) atoms. The summed E-state index contributed by atoms with van der Waals surface area (Å²) in [6, 6.07) is 25.5. The minimum Gasteiger partial charge on any atom is -0.444 e. The Labute approximate surface area is 194 Å². The number of thioether (sulfide) groups is 1. The molecule has 3 aromatic rings. The Morgan fingerprint density at radius 3 is 2.62 bits per heavy atom. The van der Waals surface area contributed by atoms with Crippen molar-refractivity contribution in [2.24, 2.45) is 5.10 Å². The Hall–Kier alpha value is -3.22. The molecular formula is C25H18ClN3O2S. The summed E-state index contributed by atoms with van der Waals surface area (Å²) in [5.74, 6) is -0.512. The normalized spacial score (nSPS) is 24.7. The molecule has 1 N–H and O–H groups in total. The molecule has 1 saturated heterocycles. The first-order chi connectivity index (χ1) is 15.6. The van der Waals surface area contributed by atoms with Crippen LogP contribution in [0.1, 0.15) is 29.2 Å². The van der Waals surface area contributed by atoms with E-state index >= 15 is 0 Å². The summed E-state index contributed by atoms with van der Waals surface area (Å²) >= 11 is 7.47. The first-order valence-electron chi connectivity index (χ1n) is 10.3. The van der Waals surface area contributed by atoms with Crippen LogP contribution in [0.5, 0.6) is 5.75 Å². The molecule has 0 saturated carbocycles. The molecule has 3 aliphatic rings. The van der Waals surface area contributed by atoms with E-state index in [1.165, 1.54) is 0 Å². The smallest absolute Gasteiger partial charge is 0.314 e. The number of rotatable bonds is 2. The first-order valence-corrected chi connectivity index (χ1v) is 11.5. The van der Waals surface area contributed by atoms with E-state index in [4.69, 9.17) is 21.4 Å². The molecule has 2 atom stereocenters. The van der Waals surface area contributed by atoms with E-state index in [9.17, 15) is 4.79 Å². The molecule has 6 rings (SSSR count). The van der Waals surface area contributed by atoms with Gasteiger partial charge in [0.05, 0.1) is 16.7 Å². The molecule has 3 heterocycles. The standard InChI is InChI=1S/C25H18ClN3O2S/c26-18-11-12-22-19(14-18)21-15-20(17-9-5-2-6-10-17)28-29(21)25(31-22)23(32-24(30)27-25)13-16-7-3-1-4-8-16/h1-14,21H,15H2,(H,27,30)/b23-13-. The van der Waals surface area contributed by atoms with E-state index in [1.807, 2.05) is 89.9 Å². The SMILES string of the molecule is O=C1NC2(Oc3ccc(Cl)cc3C3CC(c4ccccc4)=NN32)/C(=C/c2ccccc2)S1. The second-order valence-corrected chi connectivity index (χ2v) is 9.29. The number of ether oxygens (including phenoxy) is 1. The van der Waals surface area contributed by atoms with Crippen LogP contribution in [0.2, 0.25) is 5.02 Å². The highest BCUT2D eigenvalue weighted by Gasteiger charge is 2.58. The molecule has 0 bridgehead atoms. The lowest BCUT2D eigenvalue weighted by atomic mass is 9.95. The van der Waals surface area contributed by atoms with Crippen LogP contribution in [0.25, 0.3) is 6.08 Å². The molecular weight excluding hydrogens is 442 g/mol. The van der Waals surface area contributed by atoms with Gasteiger partial charge >= 0.3 is 5.85 Å². The topological polar surface area (TPSA) is 53.9 Å². The number of nitrogens with zero attached hydrogens (tertiary/aromatic N) is 2. The van der Waals surface area contributed by atoms with Crippen molar-refractivity contribution in [1.29, 1.82) is 0 Å². The van der Waals surface area contributed by atoms with Gasteiger partial charge in [0.25, 0.3) is 5.24 Å². The average Bonchev–Trinajstić information content (AvgIpc) is 3.39. The summed E-state index contributed by atoms with van der Waals surface area (Å²) in [5.41, 5.74) is 3.94. The highest BCUT2D eigenvalue weighted by Crippen LogP contribution is 2.53. The Morgan fingerprint density at radius 2 is 1.84 bits per heavy atom. The van der Waals surface area contributed by atoms with Crippen LogP contribution < -0.4 is 10.1 Å². The van der Waals surface area contributed by atoms with Gasteiger partial charge in [-0.3, -0.25) is 10.1 Å². The van der Waals surface area contributed by atoms with Crippen LogP contribution in [-0.4, -0.2) is 21.8 Å². The van der Waals surface area contributed by atoms with E-state index in [1.54, 1.807) is 0 Å². The van der Waals surface area contributed by atoms with Crippen molar-refractivity contribution in [3.05, 3.63) is 105 Å². The second kappa shape index (κ2) is 7.43. The van der Waals surface area contributed by atoms with Crippen molar-refractivity contribution in [3.8, 4) is 5.75 Å². The number of benzene rings is 3. The predicted octanol–water partition coefficient (Wildman–Crippen LogP) is 6.03. The van der Waals surface area contributed by atoms with Gasteiger partial charge in [-0.25, -0.2) is 5.01 Å². The largest absolute Gasteiger partial charge is 0.444 e. The van der Waals surface area contributed by atoms with Crippen molar-refractivity contribution in [3.63, 3.8) is 0 Å². The zero-order valence-corrected chi connectivity index (χ0v) is 18.4. The summed E-state index contributed by atoms with van der Waals surface area (Å²) in [6.07, 6.45) is 2.66. The number of carbonyl (C=O) groups excluding carboxylic acids is 1. The van der Waals surface area contributed by atoms with Crippen molar-refractivity contribution >= 4 is 40.4 Å². The molecule has 3 aliphatic heterocycles. The van der Waals surface area contributed by atoms with Crippen LogP contribution in [-0.2, 0) is 0 Å². The molecule has 7 heteroatoms. The van der Waals surface area contributed by atoms with Gasteiger partial charge in [0.15, 0.2) is 0 Å². The zero-order valence-electron chi connectivity index (χ0n) is 16.9. The van der Waals surface area contributed by atoms with Gasteiger partial charge in [0.1, 0.15) is 5.75 Å². The lowest BCUT2D eigenvalue weighted by molar-refractivity contribution is -0.0949. The number of hydrogen-bond donors (Lipinski definition) is 1. The first kappa shape index (κ1) is 19.5. The van der Waals surface area contributed by atoms with E-state index in [-0.39, 0.29) is 11.3 Å². The van der Waals surface area contributed by atoms with Crippen LogP contribution in [0.4, 0.5) is 4.79 Å². The highest BCUT2D eigenvalue weighted by molar-refractivity contribution is 8.17. The van der Waals surface area contributed by atoms with Crippen molar-refractivity contribution in [1.82, 2.24) is 10.3 Å². The van der Waals surface area contributed by atoms with Crippen LogP contribution >= 0.6 is 23.4 Å². The number of carbonyl (C=O) groups is 1. The lowest BCUT2D eigenvalue weighted by Crippen LogP contribution is -2.61.